The van der Waals surface area contributed by atoms with E-state index in [9.17, 15) is 4.21 Å². The summed E-state index contributed by atoms with van der Waals surface area (Å²) in [7, 11) is 0. The maximum atomic E-state index is 10.4. The van der Waals surface area contributed by atoms with E-state index in [0.717, 1.165) is 5.56 Å². The van der Waals surface area contributed by atoms with Crippen molar-refractivity contribution in [2.45, 2.75) is 11.8 Å². The molecule has 1 atom stereocenters. The van der Waals surface area contributed by atoms with Crippen molar-refractivity contribution >= 4 is 22.4 Å². The van der Waals surface area contributed by atoms with Crippen molar-refractivity contribution in [2.24, 2.45) is 0 Å². The van der Waals surface area contributed by atoms with Gasteiger partial charge >= 0.3 is 59.1 Å². The van der Waals surface area contributed by atoms with Crippen LogP contribution in [0.15, 0.2) is 29.2 Å². The fourth-order valence-electron chi connectivity index (χ4n) is 0.655. The van der Waals surface area contributed by atoms with Gasteiger partial charge in [0.2, 0.25) is 0 Å². The average Bonchev–Trinajstić information content (AvgIpc) is 2.03. The second-order valence-electron chi connectivity index (χ2n) is 2.27. The zero-order chi connectivity index (χ0) is 11.1. The van der Waals surface area contributed by atoms with Crippen molar-refractivity contribution in [3.8, 4) is 0 Å². The molecule has 0 aromatic heterocycles. The van der Waals surface area contributed by atoms with Crippen LogP contribution in [0.4, 0.5) is 0 Å². The third-order valence-corrected chi connectivity index (χ3v) is 1.90. The van der Waals surface area contributed by atoms with E-state index in [-0.39, 0.29) is 59.1 Å². The van der Waals surface area contributed by atoms with Crippen LogP contribution >= 0.6 is 0 Å². The third-order valence-electron chi connectivity index (χ3n) is 1.22. The largest absolute Gasteiger partial charge is 1.00 e. The van der Waals surface area contributed by atoms with Crippen LogP contribution in [-0.2, 0) is 22.4 Å². The van der Waals surface area contributed by atoms with Crippen molar-refractivity contribution in [3.63, 3.8) is 0 Å². The molecule has 0 radical (unpaired) electrons. The molecule has 1 unspecified atom stereocenters. The summed E-state index contributed by atoms with van der Waals surface area (Å²) in [5.74, 6) is 0. The molecular weight excluding hydrogens is 274 g/mol. The van der Waals surface area contributed by atoms with E-state index in [4.69, 9.17) is 17.9 Å². The Hall–Kier alpha value is 1.40. The predicted octanol–water partition coefficient (Wildman–Crippen LogP) is -5.42. The van der Waals surface area contributed by atoms with Crippen LogP contribution in [0, 0.1) is 6.92 Å². The van der Waals surface area contributed by atoms with E-state index < -0.39 is 22.4 Å². The standard InChI is InChI=1S/C7H8O2S.2Na.H2O3S/c1-6-2-4-7(5-3-6)10(8)9;;;1-4(2)3/h2-5H,1H3,(H,8,9);;;(H2,1,2,3)/q;2*+1;/p-2. The molecule has 1 N–H and O–H groups in total. The normalized spacial score (nSPS) is 10.3. The van der Waals surface area contributed by atoms with E-state index in [0.29, 0.717) is 4.90 Å². The van der Waals surface area contributed by atoms with E-state index in [1.54, 1.807) is 12.1 Å². The molecule has 0 saturated heterocycles. The van der Waals surface area contributed by atoms with Gasteiger partial charge in [-0.2, -0.15) is 0 Å². The molecule has 0 saturated carbocycles. The first-order chi connectivity index (χ1) is 6.43. The summed E-state index contributed by atoms with van der Waals surface area (Å²) in [6.45, 7) is 1.93. The van der Waals surface area contributed by atoms with Crippen molar-refractivity contribution in [3.05, 3.63) is 29.8 Å². The third kappa shape index (κ3) is 13.5. The van der Waals surface area contributed by atoms with Crippen LogP contribution < -0.4 is 59.1 Å². The Morgan fingerprint density at radius 1 is 1.06 bits per heavy atom. The Morgan fingerprint density at radius 3 is 1.62 bits per heavy atom. The molecule has 0 amide bonds. The molecule has 9 heteroatoms. The van der Waals surface area contributed by atoms with Gasteiger partial charge < -0.3 is 13.7 Å². The SMILES string of the molecule is Cc1ccc(S(=O)O)cc1.O=S([O-])[O-].[Na+].[Na+]. The van der Waals surface area contributed by atoms with Gasteiger partial charge in [0.25, 0.3) is 0 Å². The smallest absolute Gasteiger partial charge is 0.784 e. The second kappa shape index (κ2) is 12.8. The van der Waals surface area contributed by atoms with Gasteiger partial charge in [-0.05, 0) is 19.1 Å². The molecule has 16 heavy (non-hydrogen) atoms. The van der Waals surface area contributed by atoms with Crippen LogP contribution in [0.5, 0.6) is 0 Å². The van der Waals surface area contributed by atoms with Gasteiger partial charge in [0.05, 0.1) is 4.90 Å². The Kier molecular flexibility index (Phi) is 18.1. The molecule has 5 nitrogen and oxygen atoms in total. The Balaban J connectivity index is -0.000000249. The zero-order valence-corrected chi connectivity index (χ0v) is 14.8. The minimum atomic E-state index is -3.11. The first-order valence-corrected chi connectivity index (χ1v) is 5.48. The van der Waals surface area contributed by atoms with E-state index in [1.807, 2.05) is 19.1 Å². The maximum Gasteiger partial charge on any atom is 1.00 e. The molecule has 1 aromatic rings. The number of hydrogen-bond acceptors (Lipinski definition) is 4. The average molecular weight is 282 g/mol. The fourth-order valence-corrected chi connectivity index (χ4v) is 1.02. The number of benzene rings is 1. The van der Waals surface area contributed by atoms with Gasteiger partial charge in [0.1, 0.15) is 0 Å². The number of rotatable bonds is 1. The van der Waals surface area contributed by atoms with Crippen molar-refractivity contribution in [1.29, 1.82) is 0 Å². The summed E-state index contributed by atoms with van der Waals surface area (Å²) in [6, 6.07) is 6.91. The van der Waals surface area contributed by atoms with Crippen molar-refractivity contribution < 1.29 is 81.2 Å². The Labute approximate surface area is 143 Å². The monoisotopic (exact) mass is 282 g/mol. The zero-order valence-electron chi connectivity index (χ0n) is 9.21. The minimum Gasteiger partial charge on any atom is -0.784 e. The van der Waals surface area contributed by atoms with E-state index in [1.165, 1.54) is 0 Å². The van der Waals surface area contributed by atoms with E-state index >= 15 is 0 Å². The second-order valence-corrected chi connectivity index (χ2v) is 3.64. The fraction of sp³-hybridized carbons (Fsp3) is 0.143. The predicted molar refractivity (Wildman–Crippen MR) is 49.9 cm³/mol. The summed E-state index contributed by atoms with van der Waals surface area (Å²) >= 11 is -4.95. The van der Waals surface area contributed by atoms with Crippen molar-refractivity contribution in [2.75, 3.05) is 0 Å². The van der Waals surface area contributed by atoms with Gasteiger partial charge in [-0.3, -0.25) is 4.21 Å². The molecule has 0 aliphatic rings. The van der Waals surface area contributed by atoms with Gasteiger partial charge in [0, 0.05) is 0 Å². The molecule has 0 aliphatic heterocycles. The molecule has 1 aromatic carbocycles. The summed E-state index contributed by atoms with van der Waals surface area (Å²) in [4.78, 5) is 0.450. The van der Waals surface area contributed by atoms with Gasteiger partial charge in [0.15, 0.2) is 11.1 Å². The maximum absolute atomic E-state index is 10.4. The molecular formula is C7H8Na2O5S2. The van der Waals surface area contributed by atoms with Crippen molar-refractivity contribution in [1.82, 2.24) is 0 Å². The molecule has 0 bridgehead atoms. The number of aryl methyl sites for hydroxylation is 1. The summed E-state index contributed by atoms with van der Waals surface area (Å²) in [6.07, 6.45) is 0. The summed E-state index contributed by atoms with van der Waals surface area (Å²) in [5, 5.41) is 0. The van der Waals surface area contributed by atoms with Crippen LogP contribution in [0.25, 0.3) is 0 Å². The minimum absolute atomic E-state index is 0. The molecule has 80 valence electrons. The topological polar surface area (TPSA) is 100 Å². The van der Waals surface area contributed by atoms with E-state index in [2.05, 4.69) is 0 Å². The van der Waals surface area contributed by atoms with Gasteiger partial charge in [-0.15, -0.1) is 11.4 Å². The first-order valence-electron chi connectivity index (χ1n) is 3.37. The summed E-state index contributed by atoms with van der Waals surface area (Å²) < 4.78 is 44.3. The van der Waals surface area contributed by atoms with Gasteiger partial charge in [-0.1, -0.05) is 17.7 Å². The molecule has 0 spiro atoms. The molecule has 0 aliphatic carbocycles. The van der Waals surface area contributed by atoms with Crippen LogP contribution in [0.2, 0.25) is 0 Å². The van der Waals surface area contributed by atoms with Crippen LogP contribution in [0.3, 0.4) is 0 Å². The summed E-state index contributed by atoms with van der Waals surface area (Å²) in [5.41, 5.74) is 1.09. The quantitative estimate of drug-likeness (QED) is 0.409. The molecule has 1 rings (SSSR count). The Morgan fingerprint density at radius 2 is 1.38 bits per heavy atom. The molecule has 0 fully saturated rings. The Bertz CT molecular complexity index is 326. The number of hydrogen-bond donors (Lipinski definition) is 1. The molecule has 0 heterocycles. The van der Waals surface area contributed by atoms with Gasteiger partial charge in [-0.25, -0.2) is 4.21 Å². The van der Waals surface area contributed by atoms with Crippen LogP contribution in [-0.4, -0.2) is 22.1 Å². The van der Waals surface area contributed by atoms with Crippen LogP contribution in [0.1, 0.15) is 5.56 Å². The first kappa shape index (κ1) is 22.6.